The average Bonchev–Trinajstić information content (AvgIpc) is 2.67. The van der Waals surface area contributed by atoms with Crippen molar-refractivity contribution in [2.45, 2.75) is 18.7 Å². The van der Waals surface area contributed by atoms with Gasteiger partial charge in [0, 0.05) is 15.7 Å². The summed E-state index contributed by atoms with van der Waals surface area (Å²) >= 11 is 9.48. The van der Waals surface area contributed by atoms with E-state index in [1.807, 2.05) is 19.9 Å². The Kier molecular flexibility index (Phi) is 6.31. The minimum atomic E-state index is -3.99. The third-order valence-corrected chi connectivity index (χ3v) is 6.81. The number of rotatable bonds is 5. The van der Waals surface area contributed by atoms with Gasteiger partial charge < -0.3 is 5.32 Å². The Morgan fingerprint density at radius 3 is 2.38 bits per heavy atom. The SMILES string of the molecule is Cc1cccc(NS(=O)(=O)c2cc(C(=O)Nc3ccc(Br)cc3)ccc2Cl)c1C. The second-order valence-electron chi connectivity index (χ2n) is 6.46. The normalized spacial score (nSPS) is 11.2. The largest absolute Gasteiger partial charge is 0.322 e. The first-order valence-corrected chi connectivity index (χ1v) is 11.3. The van der Waals surface area contributed by atoms with Crippen LogP contribution in [-0.2, 0) is 10.0 Å². The summed E-state index contributed by atoms with van der Waals surface area (Å²) < 4.78 is 29.3. The molecule has 0 aromatic heterocycles. The van der Waals surface area contributed by atoms with Crippen LogP contribution in [0.5, 0.6) is 0 Å². The van der Waals surface area contributed by atoms with Crippen LogP contribution in [0.3, 0.4) is 0 Å². The van der Waals surface area contributed by atoms with Crippen LogP contribution in [0.15, 0.2) is 70.0 Å². The van der Waals surface area contributed by atoms with E-state index in [-0.39, 0.29) is 15.5 Å². The van der Waals surface area contributed by atoms with Gasteiger partial charge in [0.05, 0.1) is 10.7 Å². The predicted molar refractivity (Wildman–Crippen MR) is 120 cm³/mol. The van der Waals surface area contributed by atoms with Crippen molar-refractivity contribution in [3.8, 4) is 0 Å². The molecule has 0 aliphatic carbocycles. The molecule has 3 aromatic carbocycles. The van der Waals surface area contributed by atoms with Crippen molar-refractivity contribution in [3.05, 3.63) is 86.8 Å². The number of nitrogens with one attached hydrogen (secondary N) is 2. The Bertz CT molecular complexity index is 1180. The van der Waals surface area contributed by atoms with Gasteiger partial charge >= 0.3 is 0 Å². The molecular formula is C21H18BrClN2O3S. The van der Waals surface area contributed by atoms with E-state index in [4.69, 9.17) is 11.6 Å². The minimum absolute atomic E-state index is 0.0306. The zero-order valence-corrected chi connectivity index (χ0v) is 18.8. The van der Waals surface area contributed by atoms with Gasteiger partial charge in [0.15, 0.2) is 0 Å². The highest BCUT2D eigenvalue weighted by Gasteiger charge is 2.21. The van der Waals surface area contributed by atoms with Crippen molar-refractivity contribution < 1.29 is 13.2 Å². The number of anilines is 2. The van der Waals surface area contributed by atoms with Crippen molar-refractivity contribution in [3.63, 3.8) is 0 Å². The van der Waals surface area contributed by atoms with Crippen LogP contribution in [-0.4, -0.2) is 14.3 Å². The quantitative estimate of drug-likeness (QED) is 0.473. The lowest BCUT2D eigenvalue weighted by molar-refractivity contribution is 0.102. The minimum Gasteiger partial charge on any atom is -0.322 e. The highest BCUT2D eigenvalue weighted by molar-refractivity contribution is 9.10. The molecule has 8 heteroatoms. The van der Waals surface area contributed by atoms with Crippen molar-refractivity contribution in [2.75, 3.05) is 10.0 Å². The third-order valence-electron chi connectivity index (χ3n) is 4.43. The molecule has 0 spiro atoms. The Balaban J connectivity index is 1.90. The maximum absolute atomic E-state index is 12.9. The van der Waals surface area contributed by atoms with Crippen LogP contribution in [0, 0.1) is 13.8 Å². The number of amides is 1. The van der Waals surface area contributed by atoms with E-state index in [9.17, 15) is 13.2 Å². The molecule has 5 nitrogen and oxygen atoms in total. The van der Waals surface area contributed by atoms with E-state index in [1.54, 1.807) is 36.4 Å². The number of hydrogen-bond acceptors (Lipinski definition) is 3. The zero-order valence-electron chi connectivity index (χ0n) is 15.7. The van der Waals surface area contributed by atoms with E-state index >= 15 is 0 Å². The first kappa shape index (κ1) is 21.4. The lowest BCUT2D eigenvalue weighted by atomic mass is 10.1. The maximum Gasteiger partial charge on any atom is 0.263 e. The standard InChI is InChI=1S/C21H18BrClN2O3S/c1-13-4-3-5-19(14(13)2)25-29(27,28)20-12-15(6-11-18(20)23)21(26)24-17-9-7-16(22)8-10-17/h3-12,25H,1-2H3,(H,24,26). The van der Waals surface area contributed by atoms with E-state index in [0.29, 0.717) is 11.4 Å². The van der Waals surface area contributed by atoms with E-state index in [2.05, 4.69) is 26.0 Å². The number of hydrogen-bond donors (Lipinski definition) is 2. The summed E-state index contributed by atoms with van der Waals surface area (Å²) in [5, 5.41) is 2.76. The molecule has 2 N–H and O–H groups in total. The average molecular weight is 494 g/mol. The molecule has 0 saturated carbocycles. The van der Waals surface area contributed by atoms with Gasteiger partial charge in [0.25, 0.3) is 15.9 Å². The van der Waals surface area contributed by atoms with E-state index in [1.165, 1.54) is 18.2 Å². The second-order valence-corrected chi connectivity index (χ2v) is 9.43. The summed E-state index contributed by atoms with van der Waals surface area (Å²) in [6.45, 7) is 3.73. The molecule has 0 unspecified atom stereocenters. The number of sulfonamides is 1. The van der Waals surface area contributed by atoms with E-state index < -0.39 is 15.9 Å². The van der Waals surface area contributed by atoms with Gasteiger partial charge in [-0.2, -0.15) is 0 Å². The first-order valence-electron chi connectivity index (χ1n) is 8.63. The number of carbonyl (C=O) groups excluding carboxylic acids is 1. The predicted octanol–water partition coefficient (Wildman–Crippen LogP) is 5.77. The number of carbonyl (C=O) groups is 1. The fourth-order valence-electron chi connectivity index (χ4n) is 2.65. The van der Waals surface area contributed by atoms with Gasteiger partial charge in [0.2, 0.25) is 0 Å². The fraction of sp³-hybridized carbons (Fsp3) is 0.0952. The van der Waals surface area contributed by atoms with Crippen LogP contribution in [0.25, 0.3) is 0 Å². The smallest absolute Gasteiger partial charge is 0.263 e. The van der Waals surface area contributed by atoms with Crippen LogP contribution in [0.4, 0.5) is 11.4 Å². The summed E-state index contributed by atoms with van der Waals surface area (Å²) in [5.74, 6) is -0.438. The topological polar surface area (TPSA) is 75.3 Å². The Morgan fingerprint density at radius 2 is 1.69 bits per heavy atom. The van der Waals surface area contributed by atoms with Gasteiger partial charge in [-0.1, -0.05) is 39.7 Å². The Labute approximate surface area is 183 Å². The van der Waals surface area contributed by atoms with Gasteiger partial charge in [-0.15, -0.1) is 0 Å². The van der Waals surface area contributed by atoms with Gasteiger partial charge in [-0.05, 0) is 73.5 Å². The molecule has 0 saturated heterocycles. The lowest BCUT2D eigenvalue weighted by Gasteiger charge is -2.14. The fourth-order valence-corrected chi connectivity index (χ4v) is 4.56. The summed E-state index contributed by atoms with van der Waals surface area (Å²) in [6.07, 6.45) is 0. The van der Waals surface area contributed by atoms with Crippen molar-refractivity contribution in [1.82, 2.24) is 0 Å². The number of halogens is 2. The van der Waals surface area contributed by atoms with Crippen LogP contribution in [0.1, 0.15) is 21.5 Å². The summed E-state index contributed by atoms with van der Waals surface area (Å²) in [6, 6.07) is 16.5. The van der Waals surface area contributed by atoms with Crippen molar-refractivity contribution in [1.29, 1.82) is 0 Å². The monoisotopic (exact) mass is 492 g/mol. The van der Waals surface area contributed by atoms with Crippen LogP contribution in [0.2, 0.25) is 5.02 Å². The first-order chi connectivity index (χ1) is 13.7. The molecular weight excluding hydrogens is 476 g/mol. The zero-order chi connectivity index (χ0) is 21.2. The number of benzene rings is 3. The van der Waals surface area contributed by atoms with Crippen molar-refractivity contribution >= 4 is 54.8 Å². The molecule has 3 rings (SSSR count). The van der Waals surface area contributed by atoms with Gasteiger partial charge in [-0.25, -0.2) is 8.42 Å². The highest BCUT2D eigenvalue weighted by Crippen LogP contribution is 2.27. The molecule has 0 radical (unpaired) electrons. The molecule has 0 atom stereocenters. The Morgan fingerprint density at radius 1 is 1.00 bits per heavy atom. The third kappa shape index (κ3) is 4.98. The molecule has 0 aliphatic rings. The van der Waals surface area contributed by atoms with Crippen molar-refractivity contribution in [2.24, 2.45) is 0 Å². The Hall–Kier alpha value is -2.35. The molecule has 0 heterocycles. The molecule has 0 bridgehead atoms. The van der Waals surface area contributed by atoms with E-state index in [0.717, 1.165) is 15.6 Å². The molecule has 3 aromatic rings. The van der Waals surface area contributed by atoms with Crippen LogP contribution < -0.4 is 10.0 Å². The maximum atomic E-state index is 12.9. The number of aryl methyl sites for hydroxylation is 1. The molecule has 1 amide bonds. The molecule has 150 valence electrons. The summed E-state index contributed by atoms with van der Waals surface area (Å²) in [5.41, 5.74) is 3.01. The summed E-state index contributed by atoms with van der Waals surface area (Å²) in [7, 11) is -3.99. The molecule has 0 aliphatic heterocycles. The summed E-state index contributed by atoms with van der Waals surface area (Å²) in [4.78, 5) is 12.4. The highest BCUT2D eigenvalue weighted by atomic mass is 79.9. The van der Waals surface area contributed by atoms with Gasteiger partial charge in [0.1, 0.15) is 4.90 Å². The lowest BCUT2D eigenvalue weighted by Crippen LogP contribution is -2.17. The van der Waals surface area contributed by atoms with Crippen LogP contribution >= 0.6 is 27.5 Å². The molecule has 29 heavy (non-hydrogen) atoms. The second kappa shape index (κ2) is 8.57. The van der Waals surface area contributed by atoms with Gasteiger partial charge in [-0.3, -0.25) is 9.52 Å². The molecule has 0 fully saturated rings.